The highest BCUT2D eigenvalue weighted by Crippen LogP contribution is 2.37. The monoisotopic (exact) mass is 498 g/mol. The van der Waals surface area contributed by atoms with E-state index >= 15 is 0 Å². The Labute approximate surface area is 209 Å². The Morgan fingerprint density at radius 1 is 0.889 bits per heavy atom. The first-order valence-electron chi connectivity index (χ1n) is 11.8. The van der Waals surface area contributed by atoms with Crippen LogP contribution < -0.4 is 5.32 Å². The summed E-state index contributed by atoms with van der Waals surface area (Å²) in [6.45, 7) is 4.04. The quantitative estimate of drug-likeness (QED) is 0.328. The van der Waals surface area contributed by atoms with Gasteiger partial charge in [0.1, 0.15) is 16.2 Å². The minimum Gasteiger partial charge on any atom is -0.311 e. The number of carbonyl (C=O) groups excluding carboxylic acids is 1. The van der Waals surface area contributed by atoms with Crippen molar-refractivity contribution in [2.75, 3.05) is 5.32 Å². The summed E-state index contributed by atoms with van der Waals surface area (Å²) in [5.41, 5.74) is 3.93. The van der Waals surface area contributed by atoms with E-state index in [4.69, 9.17) is 9.97 Å². The molecule has 2 aromatic heterocycles. The van der Waals surface area contributed by atoms with E-state index in [0.29, 0.717) is 29.6 Å². The molecule has 3 aromatic carbocycles. The molecular weight excluding hydrogens is 472 g/mol. The lowest BCUT2D eigenvalue weighted by molar-refractivity contribution is -0.115. The normalized spacial score (nSPS) is 11.7. The highest BCUT2D eigenvalue weighted by atomic mass is 32.2. The van der Waals surface area contributed by atoms with Crippen molar-refractivity contribution in [2.45, 2.75) is 43.0 Å². The van der Waals surface area contributed by atoms with E-state index in [-0.39, 0.29) is 33.5 Å². The summed E-state index contributed by atoms with van der Waals surface area (Å²) in [4.78, 5) is 22.3. The molecule has 1 N–H and O–H groups in total. The molecule has 0 unspecified atom stereocenters. The maximum atomic E-state index is 14.0. The highest BCUT2D eigenvalue weighted by Gasteiger charge is 2.32. The minimum absolute atomic E-state index is 0.0329. The SMILES string of the molecule is CCC(=O)Nc1c(S(=O)(=O)c2ccc(C)cc2)c2nc3ccccc3nc2n1CCc1ccccc1. The van der Waals surface area contributed by atoms with Crippen LogP contribution in [-0.4, -0.2) is 28.9 Å². The first kappa shape index (κ1) is 23.7. The van der Waals surface area contributed by atoms with Crippen molar-refractivity contribution >= 4 is 43.8 Å². The van der Waals surface area contributed by atoms with Crippen molar-refractivity contribution in [1.29, 1.82) is 0 Å². The van der Waals surface area contributed by atoms with Crippen LogP contribution in [0.15, 0.2) is 88.7 Å². The van der Waals surface area contributed by atoms with Gasteiger partial charge in [-0.15, -0.1) is 0 Å². The second-order valence-corrected chi connectivity index (χ2v) is 10.6. The summed E-state index contributed by atoms with van der Waals surface area (Å²) in [5, 5.41) is 2.86. The number of anilines is 1. The minimum atomic E-state index is -4.04. The van der Waals surface area contributed by atoms with Gasteiger partial charge in [-0.3, -0.25) is 4.79 Å². The van der Waals surface area contributed by atoms with Crippen LogP contribution in [-0.2, 0) is 27.6 Å². The average Bonchev–Trinajstić information content (AvgIpc) is 3.19. The van der Waals surface area contributed by atoms with Gasteiger partial charge in [0.2, 0.25) is 15.7 Å². The second-order valence-electron chi connectivity index (χ2n) is 8.67. The zero-order valence-corrected chi connectivity index (χ0v) is 20.9. The molecule has 5 rings (SSSR count). The maximum absolute atomic E-state index is 14.0. The van der Waals surface area contributed by atoms with Crippen LogP contribution in [0.5, 0.6) is 0 Å². The summed E-state index contributed by atoms with van der Waals surface area (Å²) in [5.74, 6) is -0.0904. The molecule has 36 heavy (non-hydrogen) atoms. The summed E-state index contributed by atoms with van der Waals surface area (Å²) >= 11 is 0. The van der Waals surface area contributed by atoms with Gasteiger partial charge >= 0.3 is 0 Å². The summed E-state index contributed by atoms with van der Waals surface area (Å²) < 4.78 is 29.9. The Balaban J connectivity index is 1.80. The van der Waals surface area contributed by atoms with Crippen molar-refractivity contribution in [2.24, 2.45) is 0 Å². The van der Waals surface area contributed by atoms with E-state index in [1.54, 1.807) is 41.8 Å². The molecular formula is C28H26N4O3S. The van der Waals surface area contributed by atoms with Gasteiger partial charge in [0.25, 0.3) is 0 Å². The molecule has 0 aliphatic carbocycles. The van der Waals surface area contributed by atoms with Crippen molar-refractivity contribution < 1.29 is 13.2 Å². The molecule has 0 atom stereocenters. The third kappa shape index (κ3) is 4.35. The lowest BCUT2D eigenvalue weighted by Gasteiger charge is -2.13. The highest BCUT2D eigenvalue weighted by molar-refractivity contribution is 7.92. The molecule has 7 nitrogen and oxygen atoms in total. The molecule has 0 saturated heterocycles. The number of rotatable bonds is 7. The van der Waals surface area contributed by atoms with Crippen LogP contribution in [0.25, 0.3) is 22.2 Å². The first-order valence-corrected chi connectivity index (χ1v) is 13.3. The van der Waals surface area contributed by atoms with Crippen LogP contribution in [0.4, 0.5) is 5.82 Å². The number of sulfone groups is 1. The Morgan fingerprint density at radius 3 is 2.19 bits per heavy atom. The molecule has 2 heterocycles. The van der Waals surface area contributed by atoms with Crippen LogP contribution in [0.1, 0.15) is 24.5 Å². The molecule has 182 valence electrons. The first-order chi connectivity index (χ1) is 17.4. The number of carbonyl (C=O) groups is 1. The molecule has 0 radical (unpaired) electrons. The number of benzene rings is 3. The topological polar surface area (TPSA) is 93.9 Å². The van der Waals surface area contributed by atoms with Gasteiger partial charge in [0.15, 0.2) is 5.65 Å². The van der Waals surface area contributed by atoms with E-state index in [1.807, 2.05) is 55.5 Å². The average molecular weight is 499 g/mol. The fourth-order valence-electron chi connectivity index (χ4n) is 4.21. The van der Waals surface area contributed by atoms with E-state index in [2.05, 4.69) is 5.32 Å². The molecule has 0 aliphatic rings. The van der Waals surface area contributed by atoms with Gasteiger partial charge < -0.3 is 9.88 Å². The molecule has 8 heteroatoms. The maximum Gasteiger partial charge on any atom is 0.225 e. The third-order valence-electron chi connectivity index (χ3n) is 6.15. The van der Waals surface area contributed by atoms with Gasteiger partial charge in [-0.25, -0.2) is 18.4 Å². The standard InChI is InChI=1S/C28H26N4O3S/c1-3-24(33)31-28-26(36(34,35)21-15-13-19(2)14-16-21)25-27(30-23-12-8-7-11-22(23)29-25)32(28)18-17-20-9-5-4-6-10-20/h4-16H,3,17-18H2,1-2H3,(H,31,33). The number of para-hydroxylation sites is 2. The fourth-order valence-corrected chi connectivity index (χ4v) is 5.75. The molecule has 1 amide bonds. The number of hydrogen-bond donors (Lipinski definition) is 1. The van der Waals surface area contributed by atoms with Crippen LogP contribution in [0.2, 0.25) is 0 Å². The van der Waals surface area contributed by atoms with Gasteiger partial charge in [0, 0.05) is 13.0 Å². The number of hydrogen-bond acceptors (Lipinski definition) is 5. The van der Waals surface area contributed by atoms with E-state index in [0.717, 1.165) is 11.1 Å². The van der Waals surface area contributed by atoms with Crippen molar-refractivity contribution in [3.8, 4) is 0 Å². The summed E-state index contributed by atoms with van der Waals surface area (Å²) in [6.07, 6.45) is 0.825. The fraction of sp³-hybridized carbons (Fsp3) is 0.179. The largest absolute Gasteiger partial charge is 0.311 e. The van der Waals surface area contributed by atoms with E-state index in [1.165, 1.54) is 0 Å². The summed E-state index contributed by atoms with van der Waals surface area (Å²) in [7, 11) is -4.04. The Morgan fingerprint density at radius 2 is 1.53 bits per heavy atom. The van der Waals surface area contributed by atoms with Gasteiger partial charge in [-0.05, 0) is 43.2 Å². The number of amides is 1. The molecule has 0 bridgehead atoms. The Bertz CT molecular complexity index is 1680. The molecule has 0 aliphatic heterocycles. The Hall–Kier alpha value is -4.04. The zero-order chi connectivity index (χ0) is 25.3. The lowest BCUT2D eigenvalue weighted by atomic mass is 10.1. The molecule has 0 saturated carbocycles. The smallest absolute Gasteiger partial charge is 0.225 e. The van der Waals surface area contributed by atoms with Gasteiger partial charge in [-0.2, -0.15) is 0 Å². The number of aromatic nitrogens is 3. The lowest BCUT2D eigenvalue weighted by Crippen LogP contribution is -2.17. The van der Waals surface area contributed by atoms with E-state index < -0.39 is 9.84 Å². The molecule has 0 spiro atoms. The summed E-state index contributed by atoms with van der Waals surface area (Å²) in [6, 6.07) is 23.9. The number of fused-ring (bicyclic) bond motifs is 2. The predicted octanol–water partition coefficient (Wildman–Crippen LogP) is 5.32. The number of nitrogens with zero attached hydrogens (tertiary/aromatic N) is 3. The van der Waals surface area contributed by atoms with Crippen LogP contribution in [0.3, 0.4) is 0 Å². The Kier molecular flexibility index (Phi) is 6.28. The predicted molar refractivity (Wildman–Crippen MR) is 141 cm³/mol. The van der Waals surface area contributed by atoms with Gasteiger partial charge in [0.05, 0.1) is 15.9 Å². The number of aryl methyl sites for hydroxylation is 3. The molecule has 0 fully saturated rings. The van der Waals surface area contributed by atoms with Gasteiger partial charge in [-0.1, -0.05) is 67.1 Å². The second kappa shape index (κ2) is 9.54. The van der Waals surface area contributed by atoms with Crippen LogP contribution in [0, 0.1) is 6.92 Å². The third-order valence-corrected chi connectivity index (χ3v) is 7.97. The zero-order valence-electron chi connectivity index (χ0n) is 20.1. The number of nitrogens with one attached hydrogen (secondary N) is 1. The van der Waals surface area contributed by atoms with Crippen molar-refractivity contribution in [1.82, 2.24) is 14.5 Å². The van der Waals surface area contributed by atoms with Crippen molar-refractivity contribution in [3.63, 3.8) is 0 Å². The van der Waals surface area contributed by atoms with E-state index in [9.17, 15) is 13.2 Å². The molecule has 5 aromatic rings. The van der Waals surface area contributed by atoms with Crippen LogP contribution >= 0.6 is 0 Å². The van der Waals surface area contributed by atoms with Crippen molar-refractivity contribution in [3.05, 3.63) is 90.0 Å².